The lowest BCUT2D eigenvalue weighted by atomic mass is 9.82. The van der Waals surface area contributed by atoms with Crippen molar-refractivity contribution in [1.29, 1.82) is 0 Å². The Morgan fingerprint density at radius 1 is 1.35 bits per heavy atom. The third-order valence-corrected chi connectivity index (χ3v) is 6.67. The number of halogens is 2. The molecule has 1 unspecified atom stereocenters. The van der Waals surface area contributed by atoms with Gasteiger partial charge < -0.3 is 10.0 Å². The lowest BCUT2D eigenvalue weighted by Crippen LogP contribution is -2.28. The minimum absolute atomic E-state index is 0. The molecule has 2 nitrogen and oxygen atoms in total. The largest absolute Gasteiger partial charge is 0.507 e. The molecule has 23 heavy (non-hydrogen) atoms. The van der Waals surface area contributed by atoms with Crippen LogP contribution < -0.4 is 0 Å². The first-order chi connectivity index (χ1) is 10.6. The first-order valence-electron chi connectivity index (χ1n) is 7.86. The normalized spacial score (nSPS) is 16.9. The summed E-state index contributed by atoms with van der Waals surface area (Å²) in [6, 6.07) is 8.36. The van der Waals surface area contributed by atoms with Crippen LogP contribution in [0.3, 0.4) is 0 Å². The van der Waals surface area contributed by atoms with E-state index in [9.17, 15) is 5.11 Å². The van der Waals surface area contributed by atoms with Gasteiger partial charge in [-0.3, -0.25) is 0 Å². The van der Waals surface area contributed by atoms with E-state index in [1.165, 1.54) is 28.8 Å². The Morgan fingerprint density at radius 2 is 2.17 bits per heavy atom. The number of likely N-dealkylation sites (N-methyl/N-ethyl adjacent to an activating group) is 1. The summed E-state index contributed by atoms with van der Waals surface area (Å²) in [6.07, 6.45) is 4.74. The predicted molar refractivity (Wildman–Crippen MR) is 109 cm³/mol. The third kappa shape index (κ3) is 4.62. The number of phenolic OH excluding ortho intramolecular Hbond substituents is 1. The Hall–Kier alpha value is -0.300. The highest BCUT2D eigenvalue weighted by atomic mass is 127. The monoisotopic (exact) mass is 463 g/mol. The third-order valence-electron chi connectivity index (χ3n) is 4.53. The molecule has 2 aromatic rings. The van der Waals surface area contributed by atoms with Crippen molar-refractivity contribution in [2.45, 2.75) is 31.6 Å². The Kier molecular flexibility index (Phi) is 7.19. The number of phenols is 1. The molecule has 1 aliphatic rings. The molecule has 1 aliphatic carbocycles. The fourth-order valence-electron chi connectivity index (χ4n) is 3.35. The second kappa shape index (κ2) is 8.70. The van der Waals surface area contributed by atoms with Gasteiger partial charge in [0.05, 0.1) is 3.57 Å². The number of fused-ring (bicyclic) bond motifs is 1. The van der Waals surface area contributed by atoms with Crippen LogP contribution in [0.2, 0.25) is 0 Å². The summed E-state index contributed by atoms with van der Waals surface area (Å²) in [5.74, 6) is 1.04. The molecular weight excluding hydrogens is 441 g/mol. The van der Waals surface area contributed by atoms with E-state index in [0.29, 0.717) is 11.7 Å². The summed E-state index contributed by atoms with van der Waals surface area (Å²) >= 11 is 4.14. The molecule has 1 N–H and O–H groups in total. The molecule has 0 fully saturated rings. The summed E-state index contributed by atoms with van der Waals surface area (Å²) in [5.41, 5.74) is 2.83. The molecule has 0 saturated heterocycles. The van der Waals surface area contributed by atoms with Gasteiger partial charge in [0.2, 0.25) is 0 Å². The Labute approximate surface area is 162 Å². The van der Waals surface area contributed by atoms with Gasteiger partial charge in [-0.25, -0.2) is 0 Å². The van der Waals surface area contributed by atoms with E-state index in [1.807, 2.05) is 17.4 Å². The Balaban J connectivity index is 0.00000192. The van der Waals surface area contributed by atoms with Gasteiger partial charge in [0, 0.05) is 18.0 Å². The minimum atomic E-state index is 0. The summed E-state index contributed by atoms with van der Waals surface area (Å²) in [7, 11) is 2.23. The van der Waals surface area contributed by atoms with Crippen LogP contribution in [0, 0.1) is 3.57 Å². The van der Waals surface area contributed by atoms with Crippen LogP contribution in [0.25, 0.3) is 0 Å². The molecule has 1 heterocycles. The van der Waals surface area contributed by atoms with Crippen molar-refractivity contribution in [3.8, 4) is 5.75 Å². The summed E-state index contributed by atoms with van der Waals surface area (Å²) in [6.45, 7) is 2.22. The van der Waals surface area contributed by atoms with Gasteiger partial charge in [-0.05, 0) is 89.9 Å². The summed E-state index contributed by atoms with van der Waals surface area (Å²) < 4.78 is 1.06. The van der Waals surface area contributed by atoms with E-state index < -0.39 is 0 Å². The van der Waals surface area contributed by atoms with Gasteiger partial charge in [-0.1, -0.05) is 12.1 Å². The van der Waals surface area contributed by atoms with Crippen LogP contribution in [0.4, 0.5) is 0 Å². The Morgan fingerprint density at radius 3 is 2.91 bits per heavy atom. The number of benzene rings is 1. The maximum Gasteiger partial charge on any atom is 0.129 e. The number of thiophene rings is 1. The minimum Gasteiger partial charge on any atom is -0.507 e. The van der Waals surface area contributed by atoms with Crippen molar-refractivity contribution in [3.63, 3.8) is 0 Å². The van der Waals surface area contributed by atoms with Crippen LogP contribution in [0.5, 0.6) is 5.75 Å². The maximum absolute atomic E-state index is 9.92. The molecule has 1 aromatic heterocycles. The molecule has 0 saturated carbocycles. The topological polar surface area (TPSA) is 23.5 Å². The fraction of sp³-hybridized carbons (Fsp3) is 0.444. The average Bonchev–Trinajstić information content (AvgIpc) is 3.03. The SMILES string of the molecule is CN(CCc1cccs1)CC1CCCc2c1ccc(O)c2I.Cl. The first kappa shape index (κ1) is 19.0. The second-order valence-corrected chi connectivity index (χ2v) is 8.26. The quantitative estimate of drug-likeness (QED) is 0.626. The summed E-state index contributed by atoms with van der Waals surface area (Å²) in [5, 5.41) is 12.1. The van der Waals surface area contributed by atoms with E-state index >= 15 is 0 Å². The van der Waals surface area contributed by atoms with E-state index in [0.717, 1.165) is 29.5 Å². The molecule has 0 aliphatic heterocycles. The first-order valence-corrected chi connectivity index (χ1v) is 9.82. The average molecular weight is 464 g/mol. The lowest BCUT2D eigenvalue weighted by molar-refractivity contribution is 0.301. The van der Waals surface area contributed by atoms with Crippen molar-refractivity contribution >= 4 is 46.3 Å². The highest BCUT2D eigenvalue weighted by Crippen LogP contribution is 2.37. The van der Waals surface area contributed by atoms with E-state index in [1.54, 1.807) is 0 Å². The second-order valence-electron chi connectivity index (χ2n) is 6.15. The molecule has 0 spiro atoms. The zero-order valence-electron chi connectivity index (χ0n) is 13.3. The Bertz CT molecular complexity index is 632. The van der Waals surface area contributed by atoms with Crippen molar-refractivity contribution in [2.75, 3.05) is 20.1 Å². The molecule has 0 radical (unpaired) electrons. The van der Waals surface area contributed by atoms with E-state index in [4.69, 9.17) is 0 Å². The van der Waals surface area contributed by atoms with Gasteiger partial charge in [-0.2, -0.15) is 0 Å². The number of hydrogen-bond acceptors (Lipinski definition) is 3. The lowest BCUT2D eigenvalue weighted by Gasteiger charge is -2.30. The molecule has 3 rings (SSSR count). The summed E-state index contributed by atoms with van der Waals surface area (Å²) in [4.78, 5) is 3.93. The van der Waals surface area contributed by atoms with Crippen LogP contribution in [-0.2, 0) is 12.8 Å². The maximum atomic E-state index is 9.92. The molecule has 5 heteroatoms. The van der Waals surface area contributed by atoms with E-state index in [-0.39, 0.29) is 12.4 Å². The molecule has 126 valence electrons. The van der Waals surface area contributed by atoms with Gasteiger partial charge in [0.15, 0.2) is 0 Å². The van der Waals surface area contributed by atoms with Crippen LogP contribution >= 0.6 is 46.3 Å². The fourth-order valence-corrected chi connectivity index (χ4v) is 4.81. The van der Waals surface area contributed by atoms with Crippen molar-refractivity contribution in [3.05, 3.63) is 49.2 Å². The molecular formula is C18H23ClINOS. The standard InChI is InChI=1S/C18H22INOS.ClH/c1-20(10-9-14-5-3-11-22-14)12-13-4-2-6-16-15(13)7-8-17(21)18(16)19;/h3,5,7-8,11,13,21H,2,4,6,9-10,12H2,1H3;1H. The number of aromatic hydroxyl groups is 1. The molecule has 1 aromatic carbocycles. The smallest absolute Gasteiger partial charge is 0.129 e. The zero-order valence-corrected chi connectivity index (χ0v) is 17.1. The van der Waals surface area contributed by atoms with Gasteiger partial charge in [0.1, 0.15) is 5.75 Å². The van der Waals surface area contributed by atoms with Gasteiger partial charge >= 0.3 is 0 Å². The van der Waals surface area contributed by atoms with Crippen molar-refractivity contribution in [2.24, 2.45) is 0 Å². The molecule has 1 atom stereocenters. The highest BCUT2D eigenvalue weighted by molar-refractivity contribution is 14.1. The van der Waals surface area contributed by atoms with Gasteiger partial charge in [0.25, 0.3) is 0 Å². The van der Waals surface area contributed by atoms with Crippen molar-refractivity contribution in [1.82, 2.24) is 4.90 Å². The number of hydrogen-bond donors (Lipinski definition) is 1. The molecule has 0 amide bonds. The number of nitrogens with zero attached hydrogens (tertiary/aromatic N) is 1. The molecule has 0 bridgehead atoms. The predicted octanol–water partition coefficient (Wildman–Crippen LogP) is 5.07. The van der Waals surface area contributed by atoms with Crippen molar-refractivity contribution < 1.29 is 5.11 Å². The highest BCUT2D eigenvalue weighted by Gasteiger charge is 2.24. The van der Waals surface area contributed by atoms with Crippen LogP contribution in [0.15, 0.2) is 29.6 Å². The van der Waals surface area contributed by atoms with Crippen LogP contribution in [-0.4, -0.2) is 30.1 Å². The van der Waals surface area contributed by atoms with Crippen LogP contribution in [0.1, 0.15) is 34.8 Å². The number of rotatable bonds is 5. The van der Waals surface area contributed by atoms with E-state index in [2.05, 4.69) is 58.1 Å². The van der Waals surface area contributed by atoms with Gasteiger partial charge in [-0.15, -0.1) is 23.7 Å². The zero-order chi connectivity index (χ0) is 15.5.